The molecule has 24 rings (SSSR count). The van der Waals surface area contributed by atoms with E-state index >= 15 is 0 Å². The molecule has 4 radical (unpaired) electrons. The van der Waals surface area contributed by atoms with Crippen molar-refractivity contribution in [3.63, 3.8) is 0 Å². The number of para-hydroxylation sites is 4. The third-order valence-electron chi connectivity index (χ3n) is 23.8. The van der Waals surface area contributed by atoms with Gasteiger partial charge in [-0.2, -0.15) is 0 Å². The van der Waals surface area contributed by atoms with Crippen LogP contribution < -0.4 is 18.6 Å². The molecule has 19 nitrogen and oxygen atoms in total. The first-order chi connectivity index (χ1) is 67.3. The van der Waals surface area contributed by atoms with Gasteiger partial charge in [-0.05, 0) is 211 Å². The summed E-state index contributed by atoms with van der Waals surface area (Å²) < 4.78 is 29.8. The Hall–Kier alpha value is -17.6. The van der Waals surface area contributed by atoms with Crippen LogP contribution in [0.2, 0.25) is 0 Å². The summed E-state index contributed by atoms with van der Waals surface area (Å²) in [5, 5.41) is 44.9. The van der Waals surface area contributed by atoms with Crippen LogP contribution in [0.4, 0.5) is 0 Å². The van der Waals surface area contributed by atoms with E-state index in [1.165, 1.54) is 0 Å². The second kappa shape index (κ2) is 38.8. The summed E-state index contributed by atoms with van der Waals surface area (Å²) in [5.74, 6) is 3.15. The summed E-state index contributed by atoms with van der Waals surface area (Å²) in [4.78, 5) is 33.3. The average Bonchev–Trinajstić information content (AvgIpc) is 1.60. The molecular weight excluding hydrogens is 1680 g/mol. The van der Waals surface area contributed by atoms with Crippen molar-refractivity contribution in [2.24, 2.45) is 0 Å². The molecule has 0 spiro atoms. The van der Waals surface area contributed by atoms with E-state index in [-0.39, 0.29) is 0 Å². The Morgan fingerprint density at radius 3 is 0.787 bits per heavy atom. The van der Waals surface area contributed by atoms with E-state index in [1.54, 1.807) is 12.4 Å². The quantitative estimate of drug-likeness (QED) is 0.0520. The van der Waals surface area contributed by atoms with E-state index in [1.807, 2.05) is 279 Å². The maximum absolute atomic E-state index is 9.11. The molecular formula is C113H77B4N11O8. The fourth-order valence-electron chi connectivity index (χ4n) is 17.8. The summed E-state index contributed by atoms with van der Waals surface area (Å²) >= 11 is 0. The van der Waals surface area contributed by atoms with E-state index < -0.39 is 0 Å². The standard InChI is InChI=1S/2C29H20BN2O2.C28H19BN3O2.C27H18BN4O2/c33-30-34-23-15-16-29-25(19-23)24-13-7-8-14-28(24)32(29)22-17-26(20-9-3-1-4-10-20)31-27(18-22)21-11-5-2-6-12-21;33-30-34-23-15-16-28-25(19-23)24-13-7-8-14-27(24)32(28)29-18-22(20-9-3-1-4-10-20)17-26(31-29)21-11-5-2-6-12-21;33-29-34-22-11-12-28-24(18-22)23-7-1-2-10-27(23)32(28)21-16-19(25-8-3-5-13-30-25)15-20(17-21)26-9-4-6-14-31-26;33-28-34-19-11-12-27-21(17-19)20-7-1-2-10-26(20)32(27)18-15-24(22-8-3-5-13-29-22)31-25(16-18)23-9-4-6-14-30-23/h2*1-19,33H;1-18,33H;1-17,33H. The predicted octanol–water partition coefficient (Wildman–Crippen LogP) is 23.9. The second-order valence-electron chi connectivity index (χ2n) is 31.9. The SMILES string of the molecule is O[B]Oc1ccc2c(c1)c1ccccc1n2-c1cc(-c2ccccc2)cc(-c2ccccc2)n1.O[B]Oc1ccc2c(c1)c1ccccc1n2-c1cc(-c2ccccc2)nc(-c2ccccc2)c1.O[B]Oc1ccc2c(c1)c1ccccc1n2-c1cc(-c2ccccn2)cc(-c2ccccn2)c1.O[B]Oc1ccc2c(c1)c1ccccc1n2-c1cc(-c2ccccn2)nc(-c2ccccn2)c1. The highest BCUT2D eigenvalue weighted by atomic mass is 16.5. The summed E-state index contributed by atoms with van der Waals surface area (Å²) in [6.07, 6.45) is 7.15. The molecule has 24 aromatic rings. The van der Waals surface area contributed by atoms with Crippen molar-refractivity contribution in [1.29, 1.82) is 0 Å². The highest BCUT2D eigenvalue weighted by Crippen LogP contribution is 2.43. The molecule has 0 saturated heterocycles. The molecule has 13 aromatic carbocycles. The molecule has 0 unspecified atom stereocenters. The third-order valence-corrected chi connectivity index (χ3v) is 23.8. The topological polar surface area (TPSA) is 228 Å². The van der Waals surface area contributed by atoms with E-state index in [2.05, 4.69) is 190 Å². The van der Waals surface area contributed by atoms with E-state index in [0.717, 1.165) is 200 Å². The van der Waals surface area contributed by atoms with Crippen LogP contribution in [0.5, 0.6) is 23.0 Å². The average molecular weight is 1760 g/mol. The Morgan fingerprint density at radius 2 is 0.449 bits per heavy atom. The number of rotatable bonds is 20. The lowest BCUT2D eigenvalue weighted by atomic mass is 10.0. The van der Waals surface area contributed by atoms with Crippen molar-refractivity contribution in [2.75, 3.05) is 0 Å². The third kappa shape index (κ3) is 17.4. The van der Waals surface area contributed by atoms with Gasteiger partial charge >= 0.3 is 30.7 Å². The van der Waals surface area contributed by atoms with Gasteiger partial charge in [0, 0.05) is 101 Å². The van der Waals surface area contributed by atoms with Crippen molar-refractivity contribution in [3.8, 4) is 136 Å². The number of aromatic nitrogens is 11. The molecule has 11 heterocycles. The summed E-state index contributed by atoms with van der Waals surface area (Å²) in [5.41, 5.74) is 26.5. The Labute approximate surface area is 784 Å². The molecule has 0 saturated carbocycles. The van der Waals surface area contributed by atoms with Crippen LogP contribution in [0.15, 0.2) is 443 Å². The lowest BCUT2D eigenvalue weighted by Gasteiger charge is -2.13. The molecule has 0 bridgehead atoms. The maximum Gasteiger partial charge on any atom is 0.569 e. The van der Waals surface area contributed by atoms with Crippen LogP contribution in [0.1, 0.15) is 0 Å². The highest BCUT2D eigenvalue weighted by Gasteiger charge is 2.23. The molecule has 0 amide bonds. The number of nitrogens with zero attached hydrogens (tertiary/aromatic N) is 11. The fraction of sp³-hybridized carbons (Fsp3) is 0. The van der Waals surface area contributed by atoms with Crippen LogP contribution in [0.3, 0.4) is 0 Å². The van der Waals surface area contributed by atoms with Crippen LogP contribution in [-0.4, -0.2) is 104 Å². The minimum absolute atomic E-state index is 0.566. The Balaban J connectivity index is 0.000000108. The first-order valence-corrected chi connectivity index (χ1v) is 44.0. The smallest absolute Gasteiger partial charge is 0.537 e. The number of pyridine rings is 7. The lowest BCUT2D eigenvalue weighted by Crippen LogP contribution is -2.01. The van der Waals surface area contributed by atoms with Crippen LogP contribution in [0, 0.1) is 0 Å². The molecule has 4 N–H and O–H groups in total. The van der Waals surface area contributed by atoms with Gasteiger partial charge in [0.2, 0.25) is 0 Å². The number of fused-ring (bicyclic) bond motifs is 12. The Morgan fingerprint density at radius 1 is 0.176 bits per heavy atom. The Bertz CT molecular complexity index is 7210. The van der Waals surface area contributed by atoms with Gasteiger partial charge in [0.05, 0.1) is 107 Å². The summed E-state index contributed by atoms with van der Waals surface area (Å²) in [6.45, 7) is 0. The van der Waals surface area contributed by atoms with Crippen LogP contribution in [-0.2, 0) is 0 Å². The zero-order valence-electron chi connectivity index (χ0n) is 72.8. The zero-order chi connectivity index (χ0) is 91.6. The largest absolute Gasteiger partial charge is 0.569 e. The van der Waals surface area contributed by atoms with E-state index in [0.29, 0.717) is 53.7 Å². The molecule has 0 fully saturated rings. The predicted molar refractivity (Wildman–Crippen MR) is 546 cm³/mol. The Kier molecular flexibility index (Phi) is 24.3. The number of hydrogen-bond donors (Lipinski definition) is 4. The normalized spacial score (nSPS) is 11.1. The van der Waals surface area contributed by atoms with Crippen LogP contribution >= 0.6 is 0 Å². The fourth-order valence-corrected chi connectivity index (χ4v) is 17.8. The second-order valence-corrected chi connectivity index (χ2v) is 31.9. The lowest BCUT2D eigenvalue weighted by molar-refractivity contribution is 0.453. The summed E-state index contributed by atoms with van der Waals surface area (Å²) in [6, 6.07) is 140. The highest BCUT2D eigenvalue weighted by molar-refractivity contribution is 6.20. The number of hydrogen-bond acceptors (Lipinski definition) is 15. The van der Waals surface area contributed by atoms with Crippen molar-refractivity contribution in [1.82, 2.24) is 53.2 Å². The molecule has 0 aliphatic carbocycles. The molecule has 136 heavy (non-hydrogen) atoms. The first-order valence-electron chi connectivity index (χ1n) is 44.0. The van der Waals surface area contributed by atoms with Crippen molar-refractivity contribution in [3.05, 3.63) is 443 Å². The van der Waals surface area contributed by atoms with Crippen LogP contribution in [0.25, 0.3) is 200 Å². The molecule has 0 aliphatic rings. The van der Waals surface area contributed by atoms with Gasteiger partial charge in [0.15, 0.2) is 0 Å². The minimum Gasteiger partial charge on any atom is -0.537 e. The zero-order valence-corrected chi connectivity index (χ0v) is 72.8. The van der Waals surface area contributed by atoms with E-state index in [4.69, 9.17) is 53.7 Å². The molecule has 0 aliphatic heterocycles. The molecule has 23 heteroatoms. The van der Waals surface area contributed by atoms with Crippen molar-refractivity contribution in [2.45, 2.75) is 0 Å². The van der Waals surface area contributed by atoms with Gasteiger partial charge in [0.25, 0.3) is 0 Å². The molecule has 11 aromatic heterocycles. The van der Waals surface area contributed by atoms with Gasteiger partial charge in [-0.3, -0.25) is 24.5 Å². The van der Waals surface area contributed by atoms with Gasteiger partial charge in [-0.25, -0.2) is 15.0 Å². The minimum atomic E-state index is 0.566. The first kappa shape index (κ1) is 85.2. The molecule has 644 valence electrons. The monoisotopic (exact) mass is 1760 g/mol. The van der Waals surface area contributed by atoms with Gasteiger partial charge in [0.1, 0.15) is 28.8 Å². The van der Waals surface area contributed by atoms with Crippen molar-refractivity contribution >= 4 is 118 Å². The number of benzene rings is 13. The maximum atomic E-state index is 9.11. The molecule has 0 atom stereocenters. The van der Waals surface area contributed by atoms with Gasteiger partial charge in [-0.15, -0.1) is 0 Å². The van der Waals surface area contributed by atoms with E-state index in [9.17, 15) is 0 Å². The van der Waals surface area contributed by atoms with Crippen molar-refractivity contribution < 1.29 is 38.7 Å². The van der Waals surface area contributed by atoms with Gasteiger partial charge in [-0.1, -0.05) is 218 Å². The summed E-state index contributed by atoms with van der Waals surface area (Å²) in [7, 11) is 2.82. The van der Waals surface area contributed by atoms with Gasteiger partial charge < -0.3 is 52.4 Å².